The van der Waals surface area contributed by atoms with Gasteiger partial charge in [0.1, 0.15) is 23.2 Å². The molecule has 2 heterocycles. The maximum absolute atomic E-state index is 13.2. The number of hydrogen-bond acceptors (Lipinski definition) is 5. The van der Waals surface area contributed by atoms with E-state index in [0.29, 0.717) is 47.3 Å². The summed E-state index contributed by atoms with van der Waals surface area (Å²) in [5.74, 6) is 0.488. The fourth-order valence-corrected chi connectivity index (χ4v) is 3.82. The molecule has 0 unspecified atom stereocenters. The van der Waals surface area contributed by atoms with Crippen LogP contribution in [0.5, 0.6) is 5.75 Å². The van der Waals surface area contributed by atoms with Crippen LogP contribution in [-0.4, -0.2) is 41.1 Å². The number of nitrogens with zero attached hydrogens (tertiary/aromatic N) is 2. The second-order valence-corrected chi connectivity index (χ2v) is 8.17. The summed E-state index contributed by atoms with van der Waals surface area (Å²) >= 11 is 5.93. The maximum Gasteiger partial charge on any atom is 0.259 e. The van der Waals surface area contributed by atoms with E-state index in [9.17, 15) is 9.59 Å². The summed E-state index contributed by atoms with van der Waals surface area (Å²) in [5.41, 5.74) is 6.62. The molecular formula is C21H26ClN3O4. The molecule has 0 saturated carbocycles. The Balaban J connectivity index is 1.77. The molecule has 29 heavy (non-hydrogen) atoms. The van der Waals surface area contributed by atoms with E-state index >= 15 is 0 Å². The fourth-order valence-electron chi connectivity index (χ4n) is 3.69. The van der Waals surface area contributed by atoms with E-state index in [0.717, 1.165) is 0 Å². The molecule has 2 N–H and O–H groups in total. The van der Waals surface area contributed by atoms with E-state index < -0.39 is 5.91 Å². The van der Waals surface area contributed by atoms with Gasteiger partial charge >= 0.3 is 0 Å². The quantitative estimate of drug-likeness (QED) is 0.771. The van der Waals surface area contributed by atoms with E-state index in [-0.39, 0.29) is 30.3 Å². The number of nitrogens with two attached hydrogens (primary N) is 1. The van der Waals surface area contributed by atoms with Crippen molar-refractivity contribution in [1.82, 2.24) is 10.1 Å². The van der Waals surface area contributed by atoms with Gasteiger partial charge in [0.05, 0.1) is 5.69 Å². The number of likely N-dealkylation sites (tertiary alicyclic amines) is 1. The summed E-state index contributed by atoms with van der Waals surface area (Å²) in [7, 11) is 0. The molecular weight excluding hydrogens is 394 g/mol. The van der Waals surface area contributed by atoms with Crippen molar-refractivity contribution >= 4 is 23.4 Å². The molecule has 2 atom stereocenters. The Bertz CT molecular complexity index is 879. The van der Waals surface area contributed by atoms with Crippen LogP contribution in [-0.2, 0) is 4.79 Å². The molecule has 0 bridgehead atoms. The van der Waals surface area contributed by atoms with Crippen LogP contribution < -0.4 is 10.5 Å². The first-order valence-electron chi connectivity index (χ1n) is 9.72. The first-order chi connectivity index (χ1) is 13.8. The standard InChI is InChI=1S/C21H26ClN3O4/c1-12(2)20-19(13(3)29-24-20)21(27)25-9-8-17(14(11-25)10-18(23)26)28-16-6-4-15(22)5-7-16/h4-7,12,14,17H,8-11H2,1-3H3,(H2,23,26)/t14-,17-/m0/s1. The van der Waals surface area contributed by atoms with Gasteiger partial charge in [0.2, 0.25) is 5.91 Å². The van der Waals surface area contributed by atoms with Crippen LogP contribution in [0.15, 0.2) is 28.8 Å². The summed E-state index contributed by atoms with van der Waals surface area (Å²) in [5, 5.41) is 4.67. The highest BCUT2D eigenvalue weighted by molar-refractivity contribution is 6.30. The SMILES string of the molecule is Cc1onc(C(C)C)c1C(=O)N1CC[C@H](Oc2ccc(Cl)cc2)[C@@H](CC(N)=O)C1. The van der Waals surface area contributed by atoms with Crippen molar-refractivity contribution in [2.75, 3.05) is 13.1 Å². The van der Waals surface area contributed by atoms with Gasteiger partial charge in [-0.05, 0) is 37.1 Å². The number of ether oxygens (including phenoxy) is 1. The average molecular weight is 420 g/mol. The van der Waals surface area contributed by atoms with Crippen molar-refractivity contribution in [3.63, 3.8) is 0 Å². The van der Waals surface area contributed by atoms with Crippen LogP contribution in [0.1, 0.15) is 54.4 Å². The highest BCUT2D eigenvalue weighted by Gasteiger charge is 2.36. The molecule has 2 amide bonds. The third-order valence-electron chi connectivity index (χ3n) is 5.17. The smallest absolute Gasteiger partial charge is 0.259 e. The van der Waals surface area contributed by atoms with E-state index in [2.05, 4.69) is 5.16 Å². The molecule has 2 aromatic rings. The van der Waals surface area contributed by atoms with Gasteiger partial charge in [-0.1, -0.05) is 30.6 Å². The number of carbonyl (C=O) groups excluding carboxylic acids is 2. The maximum atomic E-state index is 13.2. The first kappa shape index (κ1) is 21.2. The Morgan fingerprint density at radius 3 is 2.66 bits per heavy atom. The topological polar surface area (TPSA) is 98.7 Å². The van der Waals surface area contributed by atoms with Crippen molar-refractivity contribution in [3.8, 4) is 5.75 Å². The number of hydrogen-bond donors (Lipinski definition) is 1. The third-order valence-corrected chi connectivity index (χ3v) is 5.42. The van der Waals surface area contributed by atoms with Crippen LogP contribution in [0, 0.1) is 12.8 Å². The second kappa shape index (κ2) is 8.86. The molecule has 7 nitrogen and oxygen atoms in total. The van der Waals surface area contributed by atoms with Crippen LogP contribution in [0.25, 0.3) is 0 Å². The number of aryl methyl sites for hydroxylation is 1. The zero-order valence-corrected chi connectivity index (χ0v) is 17.6. The summed E-state index contributed by atoms with van der Waals surface area (Å²) < 4.78 is 11.4. The Morgan fingerprint density at radius 1 is 1.34 bits per heavy atom. The van der Waals surface area contributed by atoms with Gasteiger partial charge < -0.3 is 19.9 Å². The zero-order chi connectivity index (χ0) is 21.1. The number of primary amides is 1. The van der Waals surface area contributed by atoms with Gasteiger partial charge in [-0.3, -0.25) is 9.59 Å². The normalized spacial score (nSPS) is 19.4. The van der Waals surface area contributed by atoms with Crippen molar-refractivity contribution in [1.29, 1.82) is 0 Å². The van der Waals surface area contributed by atoms with E-state index in [4.69, 9.17) is 26.6 Å². The monoisotopic (exact) mass is 419 g/mol. The lowest BCUT2D eigenvalue weighted by Gasteiger charge is -2.38. The van der Waals surface area contributed by atoms with Gasteiger partial charge in [0, 0.05) is 36.9 Å². The van der Waals surface area contributed by atoms with Crippen LogP contribution in [0.4, 0.5) is 0 Å². The van der Waals surface area contributed by atoms with E-state index in [1.165, 1.54) is 0 Å². The zero-order valence-electron chi connectivity index (χ0n) is 16.9. The number of amides is 2. The van der Waals surface area contributed by atoms with Crippen molar-refractivity contribution < 1.29 is 18.8 Å². The summed E-state index contributed by atoms with van der Waals surface area (Å²) in [6.07, 6.45) is 0.510. The number of carbonyl (C=O) groups is 2. The number of aromatic nitrogens is 1. The summed E-state index contributed by atoms with van der Waals surface area (Å²) in [4.78, 5) is 26.6. The average Bonchev–Trinajstić information content (AvgIpc) is 3.05. The molecule has 1 aliphatic rings. The molecule has 1 saturated heterocycles. The van der Waals surface area contributed by atoms with Crippen LogP contribution in [0.3, 0.4) is 0 Å². The van der Waals surface area contributed by atoms with Gasteiger partial charge in [-0.15, -0.1) is 0 Å². The molecule has 156 valence electrons. The lowest BCUT2D eigenvalue weighted by atomic mass is 9.90. The number of piperidine rings is 1. The van der Waals surface area contributed by atoms with Crippen molar-refractivity contribution in [3.05, 3.63) is 46.3 Å². The Kier molecular flexibility index (Phi) is 6.47. The number of rotatable bonds is 6. The van der Waals surface area contributed by atoms with Crippen LogP contribution >= 0.6 is 11.6 Å². The number of benzene rings is 1. The second-order valence-electron chi connectivity index (χ2n) is 7.73. The first-order valence-corrected chi connectivity index (χ1v) is 10.1. The predicted octanol–water partition coefficient (Wildman–Crippen LogP) is 3.54. The van der Waals surface area contributed by atoms with Gasteiger partial charge in [-0.2, -0.15) is 0 Å². The van der Waals surface area contributed by atoms with E-state index in [1.54, 1.807) is 36.1 Å². The lowest BCUT2D eigenvalue weighted by molar-refractivity contribution is -0.120. The van der Waals surface area contributed by atoms with Crippen LogP contribution in [0.2, 0.25) is 5.02 Å². The van der Waals surface area contributed by atoms with Crippen molar-refractivity contribution in [2.45, 2.75) is 45.6 Å². The summed E-state index contributed by atoms with van der Waals surface area (Å²) in [6, 6.07) is 7.08. The highest BCUT2D eigenvalue weighted by Crippen LogP contribution is 2.29. The minimum atomic E-state index is -0.418. The molecule has 1 fully saturated rings. The highest BCUT2D eigenvalue weighted by atomic mass is 35.5. The Labute approximate surface area is 175 Å². The minimum absolute atomic E-state index is 0.0681. The predicted molar refractivity (Wildman–Crippen MR) is 109 cm³/mol. The van der Waals surface area contributed by atoms with Gasteiger partial charge in [0.15, 0.2) is 0 Å². The molecule has 0 aliphatic carbocycles. The minimum Gasteiger partial charge on any atom is -0.490 e. The molecule has 0 radical (unpaired) electrons. The van der Waals surface area contributed by atoms with E-state index in [1.807, 2.05) is 13.8 Å². The van der Waals surface area contributed by atoms with Gasteiger partial charge in [0.25, 0.3) is 5.91 Å². The molecule has 8 heteroatoms. The molecule has 1 aromatic carbocycles. The molecule has 0 spiro atoms. The number of halogens is 1. The third kappa shape index (κ3) is 4.90. The Hall–Kier alpha value is -2.54. The molecule has 1 aliphatic heterocycles. The Morgan fingerprint density at radius 2 is 2.03 bits per heavy atom. The van der Waals surface area contributed by atoms with Crippen molar-refractivity contribution in [2.24, 2.45) is 11.7 Å². The molecule has 1 aromatic heterocycles. The fraction of sp³-hybridized carbons (Fsp3) is 0.476. The molecule has 3 rings (SSSR count). The summed E-state index contributed by atoms with van der Waals surface area (Å²) in [6.45, 7) is 6.56. The largest absolute Gasteiger partial charge is 0.490 e. The van der Waals surface area contributed by atoms with Gasteiger partial charge in [-0.25, -0.2) is 0 Å². The lowest BCUT2D eigenvalue weighted by Crippen LogP contribution is -2.49.